The number of aliphatic carboxylic acids is 1. The topological polar surface area (TPSA) is 93.0 Å². The molecular formula is C21H18N4O3S. The summed E-state index contributed by atoms with van der Waals surface area (Å²) in [5.74, 6) is 0.180. The van der Waals surface area contributed by atoms with Gasteiger partial charge in [-0.25, -0.2) is 0 Å². The van der Waals surface area contributed by atoms with Crippen LogP contribution in [0.4, 0.5) is 0 Å². The molecule has 1 unspecified atom stereocenters. The molecule has 0 spiro atoms. The molecule has 5 rings (SSSR count). The maximum Gasteiger partial charge on any atom is 0.313 e. The highest BCUT2D eigenvalue weighted by atomic mass is 32.2. The van der Waals surface area contributed by atoms with Crippen LogP contribution in [0.3, 0.4) is 0 Å². The van der Waals surface area contributed by atoms with Crippen molar-refractivity contribution < 1.29 is 14.6 Å². The van der Waals surface area contributed by atoms with Crippen molar-refractivity contribution in [3.05, 3.63) is 59.9 Å². The average molecular weight is 406 g/mol. The third kappa shape index (κ3) is 3.15. The van der Waals surface area contributed by atoms with Gasteiger partial charge in [-0.1, -0.05) is 42.1 Å². The molecular weight excluding hydrogens is 388 g/mol. The SMILES string of the molecule is Cn1c2ccccc2c2ccc(C3CC=C(c4nc(SCC(=O)O)n[nH]4)O3)cc21. The number of nitrogens with zero attached hydrogens (tertiary/aromatic N) is 3. The Morgan fingerprint density at radius 3 is 2.97 bits per heavy atom. The Labute approximate surface area is 170 Å². The second-order valence-corrected chi connectivity index (χ2v) is 7.85. The van der Waals surface area contributed by atoms with Gasteiger partial charge in [0.2, 0.25) is 5.16 Å². The van der Waals surface area contributed by atoms with Crippen LogP contribution in [0.5, 0.6) is 0 Å². The summed E-state index contributed by atoms with van der Waals surface area (Å²) in [6.07, 6.45) is 2.64. The van der Waals surface area contributed by atoms with Crippen molar-refractivity contribution in [3.63, 3.8) is 0 Å². The van der Waals surface area contributed by atoms with Gasteiger partial charge in [-0.2, -0.15) is 4.98 Å². The fourth-order valence-corrected chi connectivity index (χ4v) is 4.26. The second kappa shape index (κ2) is 6.97. The number of thioether (sulfide) groups is 1. The van der Waals surface area contributed by atoms with Gasteiger partial charge in [0.25, 0.3) is 0 Å². The van der Waals surface area contributed by atoms with Crippen LogP contribution in [0, 0.1) is 0 Å². The van der Waals surface area contributed by atoms with Gasteiger partial charge in [-0.15, -0.1) is 5.10 Å². The van der Waals surface area contributed by atoms with Crippen molar-refractivity contribution in [3.8, 4) is 0 Å². The fraction of sp³-hybridized carbons (Fsp3) is 0.190. The van der Waals surface area contributed by atoms with E-state index in [2.05, 4.69) is 69.3 Å². The van der Waals surface area contributed by atoms with E-state index in [1.165, 1.54) is 21.8 Å². The van der Waals surface area contributed by atoms with E-state index in [-0.39, 0.29) is 11.9 Å². The summed E-state index contributed by atoms with van der Waals surface area (Å²) >= 11 is 1.07. The standard InChI is InChI=1S/C21H18N4O3S/c1-25-15-5-3-2-4-13(15)14-7-6-12(10-16(14)25)17-8-9-18(28-17)20-22-21(24-23-20)29-11-19(26)27/h2-7,9-10,17H,8,11H2,1H3,(H,26,27)(H,22,23,24). The monoisotopic (exact) mass is 406 g/mol. The number of ether oxygens (including phenoxy) is 1. The Kier molecular flexibility index (Phi) is 4.28. The molecule has 0 radical (unpaired) electrons. The quantitative estimate of drug-likeness (QED) is 0.484. The molecule has 2 N–H and O–H groups in total. The van der Waals surface area contributed by atoms with Gasteiger partial charge in [0.1, 0.15) is 6.10 Å². The number of carboxylic acids is 1. The summed E-state index contributed by atoms with van der Waals surface area (Å²) in [6, 6.07) is 14.8. The molecule has 4 aromatic rings. The van der Waals surface area contributed by atoms with E-state index in [1.54, 1.807) is 0 Å². The van der Waals surface area contributed by atoms with Gasteiger partial charge in [0.05, 0.1) is 5.75 Å². The van der Waals surface area contributed by atoms with E-state index in [0.717, 1.165) is 23.7 Å². The lowest BCUT2D eigenvalue weighted by atomic mass is 10.0. The highest BCUT2D eigenvalue weighted by Crippen LogP contribution is 2.37. The van der Waals surface area contributed by atoms with Crippen LogP contribution in [0.15, 0.2) is 53.7 Å². The number of rotatable bonds is 5. The Hall–Kier alpha value is -3.26. The minimum Gasteiger partial charge on any atom is -0.482 e. The van der Waals surface area contributed by atoms with Crippen LogP contribution in [0.1, 0.15) is 23.9 Å². The molecule has 2 aromatic heterocycles. The van der Waals surface area contributed by atoms with E-state index in [4.69, 9.17) is 9.84 Å². The van der Waals surface area contributed by atoms with Crippen LogP contribution >= 0.6 is 11.8 Å². The zero-order valence-corrected chi connectivity index (χ0v) is 16.4. The second-order valence-electron chi connectivity index (χ2n) is 6.91. The highest BCUT2D eigenvalue weighted by molar-refractivity contribution is 7.99. The minimum absolute atomic E-state index is 0.0785. The highest BCUT2D eigenvalue weighted by Gasteiger charge is 2.24. The van der Waals surface area contributed by atoms with Gasteiger partial charge < -0.3 is 14.4 Å². The predicted molar refractivity (Wildman–Crippen MR) is 112 cm³/mol. The van der Waals surface area contributed by atoms with Gasteiger partial charge >= 0.3 is 5.97 Å². The molecule has 146 valence electrons. The molecule has 0 bridgehead atoms. The average Bonchev–Trinajstić information content (AvgIpc) is 3.45. The summed E-state index contributed by atoms with van der Waals surface area (Å²) in [5, 5.41) is 18.5. The number of H-pyrrole nitrogens is 1. The lowest BCUT2D eigenvalue weighted by Crippen LogP contribution is -1.99. The number of aromatic amines is 1. The number of fused-ring (bicyclic) bond motifs is 3. The van der Waals surface area contributed by atoms with Gasteiger partial charge in [-0.3, -0.25) is 9.89 Å². The van der Waals surface area contributed by atoms with Gasteiger partial charge in [0.15, 0.2) is 11.6 Å². The van der Waals surface area contributed by atoms with Crippen molar-refractivity contribution in [2.75, 3.05) is 5.75 Å². The van der Waals surface area contributed by atoms with Crippen LogP contribution in [-0.4, -0.2) is 36.6 Å². The minimum atomic E-state index is -0.901. The number of benzene rings is 2. The van der Waals surface area contributed by atoms with E-state index >= 15 is 0 Å². The van der Waals surface area contributed by atoms with E-state index in [1.807, 2.05) is 6.08 Å². The molecule has 3 heterocycles. The van der Waals surface area contributed by atoms with Crippen molar-refractivity contribution in [2.45, 2.75) is 17.7 Å². The Balaban J connectivity index is 1.38. The molecule has 0 saturated heterocycles. The normalized spacial score (nSPS) is 16.3. The van der Waals surface area contributed by atoms with Crippen molar-refractivity contribution in [1.82, 2.24) is 19.7 Å². The number of nitrogens with one attached hydrogen (secondary N) is 1. The predicted octanol–water partition coefficient (Wildman–Crippen LogP) is 4.13. The van der Waals surface area contributed by atoms with Gasteiger partial charge in [-0.05, 0) is 23.8 Å². The molecule has 1 aliphatic heterocycles. The third-order valence-electron chi connectivity index (χ3n) is 5.12. The van der Waals surface area contributed by atoms with Crippen molar-refractivity contribution in [1.29, 1.82) is 0 Å². The Morgan fingerprint density at radius 2 is 2.10 bits per heavy atom. The number of hydrogen-bond donors (Lipinski definition) is 2. The van der Waals surface area contributed by atoms with Crippen LogP contribution in [-0.2, 0) is 16.6 Å². The first kappa shape index (κ1) is 17.8. The van der Waals surface area contributed by atoms with E-state index in [9.17, 15) is 4.79 Å². The first-order valence-electron chi connectivity index (χ1n) is 9.21. The fourth-order valence-electron chi connectivity index (χ4n) is 3.75. The zero-order chi connectivity index (χ0) is 20.0. The molecule has 8 heteroatoms. The lowest BCUT2D eigenvalue weighted by molar-refractivity contribution is -0.133. The smallest absolute Gasteiger partial charge is 0.313 e. The third-order valence-corrected chi connectivity index (χ3v) is 5.95. The summed E-state index contributed by atoms with van der Waals surface area (Å²) < 4.78 is 8.34. The molecule has 1 aliphatic rings. The Bertz CT molecular complexity index is 1270. The first-order valence-corrected chi connectivity index (χ1v) is 10.2. The van der Waals surface area contributed by atoms with Crippen LogP contribution in [0.25, 0.3) is 27.6 Å². The maximum atomic E-state index is 10.7. The molecule has 0 amide bonds. The lowest BCUT2D eigenvalue weighted by Gasteiger charge is -2.13. The molecule has 0 fully saturated rings. The largest absolute Gasteiger partial charge is 0.482 e. The molecule has 0 aliphatic carbocycles. The number of aryl methyl sites for hydroxylation is 1. The number of carboxylic acid groups (broad SMARTS) is 1. The molecule has 1 atom stereocenters. The zero-order valence-electron chi connectivity index (χ0n) is 15.6. The summed E-state index contributed by atoms with van der Waals surface area (Å²) in [7, 11) is 2.08. The molecule has 0 saturated carbocycles. The van der Waals surface area contributed by atoms with Crippen molar-refractivity contribution in [2.24, 2.45) is 7.05 Å². The molecule has 29 heavy (non-hydrogen) atoms. The summed E-state index contributed by atoms with van der Waals surface area (Å²) in [5.41, 5.74) is 3.49. The van der Waals surface area contributed by atoms with Gasteiger partial charge in [0, 0.05) is 35.3 Å². The first-order chi connectivity index (χ1) is 14.1. The Morgan fingerprint density at radius 1 is 1.28 bits per heavy atom. The van der Waals surface area contributed by atoms with Crippen LogP contribution in [0.2, 0.25) is 0 Å². The van der Waals surface area contributed by atoms with E-state index < -0.39 is 5.97 Å². The maximum absolute atomic E-state index is 10.7. The van der Waals surface area contributed by atoms with Crippen molar-refractivity contribution >= 4 is 45.3 Å². The summed E-state index contributed by atoms with van der Waals surface area (Å²) in [4.78, 5) is 15.0. The number of hydrogen-bond acceptors (Lipinski definition) is 5. The number of aromatic nitrogens is 4. The molecule has 2 aromatic carbocycles. The van der Waals surface area contributed by atoms with E-state index in [0.29, 0.717) is 16.7 Å². The van der Waals surface area contributed by atoms with Crippen LogP contribution < -0.4 is 0 Å². The number of carbonyl (C=O) groups is 1. The number of para-hydroxylation sites is 1. The molecule has 7 nitrogen and oxygen atoms in total. The summed E-state index contributed by atoms with van der Waals surface area (Å²) in [6.45, 7) is 0.